The zero-order valence-corrected chi connectivity index (χ0v) is 24.7. The van der Waals surface area contributed by atoms with E-state index in [1.807, 2.05) is 0 Å². The van der Waals surface area contributed by atoms with Crippen molar-refractivity contribution < 1.29 is 67.0 Å². The second-order valence-electron chi connectivity index (χ2n) is 11.0. The van der Waals surface area contributed by atoms with Crippen LogP contribution in [0.4, 0.5) is 0 Å². The predicted molar refractivity (Wildman–Crippen MR) is 143 cm³/mol. The minimum Gasteiger partial charge on any atom is -0.455 e. The molecule has 4 aliphatic heterocycles. The number of rotatable bonds is 7. The first-order chi connectivity index (χ1) is 21.0. The molecule has 0 saturated carbocycles. The Bertz CT molecular complexity index is 1310. The molecule has 0 unspecified atom stereocenters. The maximum atomic E-state index is 14.0. The molecule has 15 nitrogen and oxygen atoms in total. The average molecular weight is 622 g/mol. The van der Waals surface area contributed by atoms with E-state index in [0.29, 0.717) is 29.0 Å². The van der Waals surface area contributed by atoms with E-state index in [-0.39, 0.29) is 25.7 Å². The van der Waals surface area contributed by atoms with E-state index < -0.39 is 85.7 Å². The molecule has 0 aromatic heterocycles. The Morgan fingerprint density at radius 2 is 1.61 bits per heavy atom. The van der Waals surface area contributed by atoms with Crippen LogP contribution in [0.1, 0.15) is 50.7 Å². The van der Waals surface area contributed by atoms with Gasteiger partial charge in [-0.05, 0) is 29.7 Å². The minimum absolute atomic E-state index is 0.0297. The van der Waals surface area contributed by atoms with E-state index in [0.717, 1.165) is 20.8 Å². The molecule has 1 aromatic carbocycles. The highest BCUT2D eigenvalue weighted by atomic mass is 16.7. The summed E-state index contributed by atoms with van der Waals surface area (Å²) < 4.78 is 45.0. The highest BCUT2D eigenvalue weighted by molar-refractivity contribution is 5.91. The molecule has 1 N–H and O–H groups in total. The minimum atomic E-state index is -1.59. The highest BCUT2D eigenvalue weighted by Crippen LogP contribution is 2.42. The van der Waals surface area contributed by atoms with Gasteiger partial charge in [0.15, 0.2) is 30.0 Å². The largest absolute Gasteiger partial charge is 0.455 e. The van der Waals surface area contributed by atoms with E-state index in [2.05, 4.69) is 0 Å². The molecule has 4 heterocycles. The first-order valence-electron chi connectivity index (χ1n) is 14.2. The lowest BCUT2D eigenvalue weighted by Crippen LogP contribution is -2.63. The van der Waals surface area contributed by atoms with Crippen molar-refractivity contribution in [3.8, 4) is 11.5 Å². The molecule has 15 heteroatoms. The molecule has 8 atom stereocenters. The number of ketones is 1. The molecule has 2 saturated heterocycles. The normalized spacial score (nSPS) is 31.2. The number of carbonyl (C=O) groups excluding carboxylic acids is 5. The number of hydrogen-bond acceptors (Lipinski definition) is 14. The molecule has 5 rings (SSSR count). The second-order valence-corrected chi connectivity index (χ2v) is 11.0. The van der Waals surface area contributed by atoms with Crippen LogP contribution in [0.15, 0.2) is 12.1 Å². The van der Waals surface area contributed by atoms with Crippen molar-refractivity contribution in [2.75, 3.05) is 27.1 Å². The molecule has 0 spiro atoms. The molecule has 2 bridgehead atoms. The fraction of sp³-hybridized carbons (Fsp3) is 0.621. The number of methoxy groups -OCH3 is 1. The quantitative estimate of drug-likeness (QED) is 0.320. The first kappa shape index (κ1) is 31.6. The third kappa shape index (κ3) is 6.36. The van der Waals surface area contributed by atoms with Gasteiger partial charge in [0.1, 0.15) is 24.1 Å². The zero-order valence-electron chi connectivity index (χ0n) is 24.7. The number of esters is 3. The maximum Gasteiger partial charge on any atom is 0.303 e. The van der Waals surface area contributed by atoms with Gasteiger partial charge in [0, 0.05) is 53.3 Å². The van der Waals surface area contributed by atoms with Crippen molar-refractivity contribution in [2.24, 2.45) is 0 Å². The smallest absolute Gasteiger partial charge is 0.303 e. The number of carbonyl (C=O) groups is 5. The monoisotopic (exact) mass is 621 g/mol. The summed E-state index contributed by atoms with van der Waals surface area (Å²) in [7, 11) is 1.29. The molecular weight excluding hydrogens is 586 g/mol. The van der Waals surface area contributed by atoms with Gasteiger partial charge < -0.3 is 47.9 Å². The van der Waals surface area contributed by atoms with Gasteiger partial charge >= 0.3 is 17.9 Å². The lowest BCUT2D eigenvalue weighted by atomic mass is 9.86. The van der Waals surface area contributed by atoms with Crippen LogP contribution in [0, 0.1) is 0 Å². The van der Waals surface area contributed by atoms with E-state index in [9.17, 15) is 29.1 Å². The van der Waals surface area contributed by atoms with Crippen LogP contribution in [-0.4, -0.2) is 110 Å². The SMILES string of the molecule is CO[C@H]1[C@H](OC(C)=O)[C@@H](OC(C)=O)[C@H](O[C@@H]2CC(=O)[C@H]3CCN(Cc4cc5c(cc43)OCO5)C(=O)[C@H]2OC(C)=O)O[C@@H]1CO. The number of nitrogens with zero attached hydrogens (tertiary/aromatic N) is 1. The Labute approximate surface area is 252 Å². The molecule has 1 amide bonds. The summed E-state index contributed by atoms with van der Waals surface area (Å²) in [6, 6.07) is 3.49. The fourth-order valence-electron chi connectivity index (χ4n) is 6.16. The zero-order chi connectivity index (χ0) is 31.7. The van der Waals surface area contributed by atoms with E-state index in [1.165, 1.54) is 12.0 Å². The summed E-state index contributed by atoms with van der Waals surface area (Å²) in [6.45, 7) is 3.09. The van der Waals surface area contributed by atoms with Gasteiger partial charge in [-0.15, -0.1) is 0 Å². The fourth-order valence-corrected chi connectivity index (χ4v) is 6.16. The number of aliphatic hydroxyl groups excluding tert-OH is 1. The van der Waals surface area contributed by atoms with Gasteiger partial charge in [-0.3, -0.25) is 24.0 Å². The van der Waals surface area contributed by atoms with Gasteiger partial charge in [-0.2, -0.15) is 0 Å². The maximum absolute atomic E-state index is 14.0. The van der Waals surface area contributed by atoms with Crippen LogP contribution >= 0.6 is 0 Å². The third-order valence-electron chi connectivity index (χ3n) is 7.99. The predicted octanol–water partition coefficient (Wildman–Crippen LogP) is 0.117. The number of aliphatic hydroxyl groups is 1. The molecule has 2 fully saturated rings. The Balaban J connectivity index is 1.54. The Morgan fingerprint density at radius 3 is 2.25 bits per heavy atom. The molecule has 0 radical (unpaired) electrons. The molecule has 4 aliphatic rings. The van der Waals surface area contributed by atoms with Gasteiger partial charge in [-0.25, -0.2) is 0 Å². The van der Waals surface area contributed by atoms with Crippen molar-refractivity contribution in [1.82, 2.24) is 4.90 Å². The van der Waals surface area contributed by atoms with Crippen LogP contribution in [0.3, 0.4) is 0 Å². The standard InChI is InChI=1S/C29H35NO14/c1-13(32)40-25-22(43-29-27(42-15(3)34)26(41-14(2)33)24(37-4)23(11-31)44-29)9-19(35)17-5-6-30(28(25)36)10-16-7-20-21(8-18(16)17)39-12-38-20/h7-8,17,22-27,29,31H,5-6,9-12H2,1-4H3/t17-,22+,23+,24+,25-,26-,27+,29+/m0/s1. The lowest BCUT2D eigenvalue weighted by Gasteiger charge is -2.45. The van der Waals surface area contributed by atoms with Crippen LogP contribution < -0.4 is 9.47 Å². The van der Waals surface area contributed by atoms with Crippen molar-refractivity contribution in [3.05, 3.63) is 23.3 Å². The van der Waals surface area contributed by atoms with Crippen molar-refractivity contribution >= 4 is 29.6 Å². The summed E-state index contributed by atoms with van der Waals surface area (Å²) >= 11 is 0. The summed E-state index contributed by atoms with van der Waals surface area (Å²) in [5.74, 6) is -2.92. The van der Waals surface area contributed by atoms with Crippen LogP contribution in [0.25, 0.3) is 0 Å². The summed E-state index contributed by atoms with van der Waals surface area (Å²) in [6.07, 6.45) is -9.64. The number of benzene rings is 1. The van der Waals surface area contributed by atoms with E-state index >= 15 is 0 Å². The summed E-state index contributed by atoms with van der Waals surface area (Å²) in [5, 5.41) is 10.1. The van der Waals surface area contributed by atoms with Crippen LogP contribution in [0.5, 0.6) is 11.5 Å². The van der Waals surface area contributed by atoms with E-state index in [1.54, 1.807) is 12.1 Å². The number of ether oxygens (including phenoxy) is 8. The Morgan fingerprint density at radius 1 is 0.955 bits per heavy atom. The first-order valence-corrected chi connectivity index (χ1v) is 14.2. The van der Waals surface area contributed by atoms with Gasteiger partial charge in [0.05, 0.1) is 6.61 Å². The number of fused-ring (bicyclic) bond motifs is 6. The molecular formula is C29H35NO14. The van der Waals surface area contributed by atoms with Crippen molar-refractivity contribution in [2.45, 2.75) is 89.0 Å². The van der Waals surface area contributed by atoms with Crippen molar-refractivity contribution in [3.63, 3.8) is 0 Å². The molecule has 44 heavy (non-hydrogen) atoms. The summed E-state index contributed by atoms with van der Waals surface area (Å²) in [5.41, 5.74) is 1.38. The van der Waals surface area contributed by atoms with Crippen molar-refractivity contribution in [1.29, 1.82) is 0 Å². The number of amides is 1. The average Bonchev–Trinajstić information content (AvgIpc) is 3.34. The van der Waals surface area contributed by atoms with Gasteiger partial charge in [-0.1, -0.05) is 0 Å². The number of hydrogen-bond donors (Lipinski definition) is 1. The van der Waals surface area contributed by atoms with Crippen LogP contribution in [0.2, 0.25) is 0 Å². The second kappa shape index (κ2) is 13.1. The topological polar surface area (TPSA) is 183 Å². The Hall–Kier alpha value is -3.79. The molecule has 0 aliphatic carbocycles. The highest BCUT2D eigenvalue weighted by Gasteiger charge is 2.53. The van der Waals surface area contributed by atoms with Crippen LogP contribution in [-0.2, 0) is 58.9 Å². The summed E-state index contributed by atoms with van der Waals surface area (Å²) in [4.78, 5) is 65.9. The van der Waals surface area contributed by atoms with Gasteiger partial charge in [0.2, 0.25) is 12.9 Å². The number of Topliss-reactive ketones (excluding diaryl/α,β-unsaturated/α-hetero) is 1. The van der Waals surface area contributed by atoms with E-state index in [4.69, 9.17) is 37.9 Å². The third-order valence-corrected chi connectivity index (χ3v) is 7.99. The van der Waals surface area contributed by atoms with Gasteiger partial charge in [0.25, 0.3) is 5.91 Å². The molecule has 1 aromatic rings. The Kier molecular flexibility index (Phi) is 9.39. The molecule has 240 valence electrons. The lowest BCUT2D eigenvalue weighted by molar-refractivity contribution is -0.322.